The van der Waals surface area contributed by atoms with E-state index in [2.05, 4.69) is 20.8 Å². The molecule has 1 heterocycles. The molecule has 3 saturated carbocycles. The highest BCUT2D eigenvalue weighted by Gasteiger charge is 2.68. The van der Waals surface area contributed by atoms with Gasteiger partial charge in [0.15, 0.2) is 12.1 Å². The van der Waals surface area contributed by atoms with E-state index < -0.39 is 18.3 Å². The largest absolute Gasteiger partial charge is 0.489 e. The van der Waals surface area contributed by atoms with Gasteiger partial charge in [-0.2, -0.15) is 4.98 Å². The minimum Gasteiger partial charge on any atom is -0.489 e. The van der Waals surface area contributed by atoms with E-state index in [0.717, 1.165) is 19.3 Å². The molecule has 10 heteroatoms. The summed E-state index contributed by atoms with van der Waals surface area (Å²) < 4.78 is 23.9. The van der Waals surface area contributed by atoms with Crippen molar-refractivity contribution in [3.8, 4) is 5.75 Å². The molecule has 0 saturated heterocycles. The van der Waals surface area contributed by atoms with Crippen molar-refractivity contribution < 1.29 is 23.9 Å². The highest BCUT2D eigenvalue weighted by Crippen LogP contribution is 2.61. The van der Waals surface area contributed by atoms with Gasteiger partial charge in [-0.25, -0.2) is 4.39 Å². The monoisotopic (exact) mass is 412 g/mol. The van der Waals surface area contributed by atoms with Crippen molar-refractivity contribution in [3.05, 3.63) is 40.8 Å². The van der Waals surface area contributed by atoms with E-state index in [1.807, 2.05) is 6.92 Å². The number of rotatable bonds is 9. The number of nitrogens with one attached hydrogen (secondary N) is 2. The molecule has 2 unspecified atom stereocenters. The second-order valence-electron chi connectivity index (χ2n) is 7.59. The third kappa shape index (κ3) is 3.72. The van der Waals surface area contributed by atoms with Gasteiger partial charge in [-0.3, -0.25) is 10.6 Å². The summed E-state index contributed by atoms with van der Waals surface area (Å²) in [4.78, 5) is 4.12. The Balaban J connectivity index is 1.22. The number of benzene rings is 1. The zero-order valence-electron chi connectivity index (χ0n) is 15.3. The van der Waals surface area contributed by atoms with Gasteiger partial charge < -0.3 is 19.5 Å². The van der Waals surface area contributed by atoms with Crippen LogP contribution in [0.5, 0.6) is 5.75 Å². The minimum absolute atomic E-state index is 0.0197. The number of nitrogens with zero attached hydrogens (tertiary/aromatic N) is 2. The predicted octanol–water partition coefficient (Wildman–Crippen LogP) is 1.67. The summed E-state index contributed by atoms with van der Waals surface area (Å²) in [6.45, 7) is 1.89. The van der Waals surface area contributed by atoms with Crippen molar-refractivity contribution in [3.63, 3.8) is 0 Å². The van der Waals surface area contributed by atoms with Crippen LogP contribution in [-0.4, -0.2) is 44.3 Å². The van der Waals surface area contributed by atoms with Gasteiger partial charge in [0.25, 0.3) is 5.89 Å². The lowest BCUT2D eigenvalue weighted by atomic mass is 9.44. The molecule has 8 nitrogen and oxygen atoms in total. The summed E-state index contributed by atoms with van der Waals surface area (Å²) in [7, 11) is 0. The third-order valence-corrected chi connectivity index (χ3v) is 5.59. The van der Waals surface area contributed by atoms with Crippen molar-refractivity contribution in [1.82, 2.24) is 20.8 Å². The van der Waals surface area contributed by atoms with Gasteiger partial charge in [0.1, 0.15) is 24.4 Å². The van der Waals surface area contributed by atoms with E-state index in [0.29, 0.717) is 18.0 Å². The Kier molecular flexibility index (Phi) is 5.05. The summed E-state index contributed by atoms with van der Waals surface area (Å²) in [5.41, 5.74) is -0.392. The average Bonchev–Trinajstić information content (AvgIpc) is 3.09. The Morgan fingerprint density at radius 3 is 2.64 bits per heavy atom. The molecule has 2 bridgehead atoms. The fourth-order valence-electron chi connectivity index (χ4n) is 4.10. The van der Waals surface area contributed by atoms with Crippen molar-refractivity contribution in [2.24, 2.45) is 0 Å². The summed E-state index contributed by atoms with van der Waals surface area (Å²) in [5, 5.41) is 30.5. The maximum atomic E-state index is 13.4. The van der Waals surface area contributed by atoms with Gasteiger partial charge in [0, 0.05) is 23.6 Å². The number of aromatic nitrogens is 2. The van der Waals surface area contributed by atoms with Crippen LogP contribution in [0.2, 0.25) is 5.02 Å². The first kappa shape index (κ1) is 19.5. The second-order valence-corrected chi connectivity index (χ2v) is 7.99. The van der Waals surface area contributed by atoms with Crippen LogP contribution in [0.3, 0.4) is 0 Å². The number of aliphatic hydroxyl groups excluding tert-OH is 2. The quantitative estimate of drug-likeness (QED) is 0.460. The zero-order valence-corrected chi connectivity index (χ0v) is 16.0. The van der Waals surface area contributed by atoms with Crippen molar-refractivity contribution in [1.29, 1.82) is 0 Å². The first-order valence-corrected chi connectivity index (χ1v) is 9.52. The molecule has 0 amide bonds. The molecular formula is C18H22ClFN4O4. The molecule has 5 rings (SSSR count). The predicted molar refractivity (Wildman–Crippen MR) is 97.1 cm³/mol. The molecule has 3 fully saturated rings. The van der Waals surface area contributed by atoms with E-state index in [1.54, 1.807) is 6.07 Å². The fourth-order valence-corrected chi connectivity index (χ4v) is 4.22. The molecular weight excluding hydrogens is 391 g/mol. The SMILES string of the molecule is CCc1noc(C(O)NC23CC(NC(O)COc4ccc(Cl)c(F)c4)(C2)C3)n1. The number of aliphatic hydroxyl groups is 2. The molecule has 28 heavy (non-hydrogen) atoms. The van der Waals surface area contributed by atoms with Crippen LogP contribution in [0.4, 0.5) is 4.39 Å². The summed E-state index contributed by atoms with van der Waals surface area (Å²) in [6, 6.07) is 4.12. The Hall–Kier alpha value is -1.78. The lowest BCUT2D eigenvalue weighted by Crippen LogP contribution is -2.84. The first-order chi connectivity index (χ1) is 13.3. The Bertz CT molecular complexity index is 844. The molecule has 4 N–H and O–H groups in total. The Labute approximate surface area is 166 Å². The molecule has 2 atom stereocenters. The van der Waals surface area contributed by atoms with Crippen molar-refractivity contribution >= 4 is 11.6 Å². The van der Waals surface area contributed by atoms with Crippen LogP contribution in [0.15, 0.2) is 22.7 Å². The van der Waals surface area contributed by atoms with Crippen LogP contribution in [0.1, 0.15) is 44.1 Å². The standard InChI is InChI=1S/C18H22ClFN4O4/c1-2-13-21-16(28-24-13)15(26)23-18-7-17(8-18,9-18)22-14(25)6-27-10-3-4-11(19)12(20)5-10/h3-5,14-15,22-23,25-26H,2,6-9H2,1H3. The van der Waals surface area contributed by atoms with E-state index >= 15 is 0 Å². The zero-order chi connectivity index (χ0) is 19.9. The van der Waals surface area contributed by atoms with E-state index in [9.17, 15) is 14.6 Å². The molecule has 2 aromatic rings. The topological polar surface area (TPSA) is 113 Å². The van der Waals surface area contributed by atoms with Gasteiger partial charge in [0.05, 0.1) is 5.02 Å². The number of hydrogen-bond acceptors (Lipinski definition) is 8. The normalized spacial score (nSPS) is 27.6. The first-order valence-electron chi connectivity index (χ1n) is 9.14. The summed E-state index contributed by atoms with van der Waals surface area (Å²) >= 11 is 5.63. The molecule has 0 spiro atoms. The van der Waals surface area contributed by atoms with Gasteiger partial charge >= 0.3 is 0 Å². The highest BCUT2D eigenvalue weighted by atomic mass is 35.5. The minimum atomic E-state index is -1.01. The fraction of sp³-hybridized carbons (Fsp3) is 0.556. The lowest BCUT2D eigenvalue weighted by Gasteiger charge is -2.71. The molecule has 3 aliphatic rings. The number of halogens is 2. The molecule has 3 aliphatic carbocycles. The second kappa shape index (κ2) is 7.23. The van der Waals surface area contributed by atoms with Crippen LogP contribution >= 0.6 is 11.6 Å². The van der Waals surface area contributed by atoms with Crippen molar-refractivity contribution in [2.45, 2.75) is 56.1 Å². The Morgan fingerprint density at radius 2 is 2.00 bits per heavy atom. The summed E-state index contributed by atoms with van der Waals surface area (Å²) in [6.07, 6.45) is 0.969. The van der Waals surface area contributed by atoms with E-state index in [4.69, 9.17) is 20.9 Å². The smallest absolute Gasteiger partial charge is 0.270 e. The van der Waals surface area contributed by atoms with Gasteiger partial charge in [-0.15, -0.1) is 0 Å². The maximum absolute atomic E-state index is 13.4. The molecule has 152 valence electrons. The maximum Gasteiger partial charge on any atom is 0.270 e. The van der Waals surface area contributed by atoms with E-state index in [1.165, 1.54) is 12.1 Å². The van der Waals surface area contributed by atoms with Crippen LogP contribution in [-0.2, 0) is 6.42 Å². The number of hydrogen-bond donors (Lipinski definition) is 4. The van der Waals surface area contributed by atoms with Crippen LogP contribution in [0, 0.1) is 5.82 Å². The van der Waals surface area contributed by atoms with Gasteiger partial charge in [-0.1, -0.05) is 23.7 Å². The number of ether oxygens (including phenoxy) is 1. The molecule has 0 aliphatic heterocycles. The van der Waals surface area contributed by atoms with Gasteiger partial charge in [-0.05, 0) is 31.4 Å². The van der Waals surface area contributed by atoms with Crippen LogP contribution in [0.25, 0.3) is 0 Å². The van der Waals surface area contributed by atoms with Crippen molar-refractivity contribution in [2.75, 3.05) is 6.61 Å². The third-order valence-electron chi connectivity index (χ3n) is 5.28. The van der Waals surface area contributed by atoms with Crippen LogP contribution < -0.4 is 15.4 Å². The Morgan fingerprint density at radius 1 is 1.29 bits per heavy atom. The molecule has 0 radical (unpaired) electrons. The van der Waals surface area contributed by atoms with E-state index in [-0.39, 0.29) is 28.6 Å². The average molecular weight is 413 g/mol. The molecule has 1 aromatic carbocycles. The lowest BCUT2D eigenvalue weighted by molar-refractivity contribution is -0.154. The number of aryl methyl sites for hydroxylation is 1. The molecule has 1 aromatic heterocycles. The van der Waals surface area contributed by atoms with Gasteiger partial charge in [0.2, 0.25) is 0 Å². The summed E-state index contributed by atoms with van der Waals surface area (Å²) in [5.74, 6) is 0.440. The highest BCUT2D eigenvalue weighted by molar-refractivity contribution is 6.30.